The van der Waals surface area contributed by atoms with E-state index in [0.29, 0.717) is 12.1 Å². The molecule has 0 amide bonds. The third-order valence-electron chi connectivity index (χ3n) is 3.75. The average molecular weight is 266 g/mol. The number of rotatable bonds is 8. The molecule has 3 nitrogen and oxygen atoms in total. The summed E-state index contributed by atoms with van der Waals surface area (Å²) < 4.78 is 5.89. The van der Waals surface area contributed by atoms with Gasteiger partial charge in [0.05, 0.1) is 6.54 Å². The van der Waals surface area contributed by atoms with Gasteiger partial charge in [0.2, 0.25) is 0 Å². The highest BCUT2D eigenvalue weighted by Crippen LogP contribution is 2.18. The first-order chi connectivity index (χ1) is 8.97. The summed E-state index contributed by atoms with van der Waals surface area (Å²) in [6.07, 6.45) is 1.18. The maximum absolute atomic E-state index is 5.89. The van der Waals surface area contributed by atoms with Gasteiger partial charge in [-0.2, -0.15) is 0 Å². The van der Waals surface area contributed by atoms with Gasteiger partial charge in [0.1, 0.15) is 11.5 Å². The molecule has 1 unspecified atom stereocenters. The number of nitrogens with one attached hydrogen (secondary N) is 1. The van der Waals surface area contributed by atoms with Gasteiger partial charge in [-0.05, 0) is 32.9 Å². The molecule has 0 fully saturated rings. The Balaban J connectivity index is 2.66. The minimum absolute atomic E-state index is 0.505. The van der Waals surface area contributed by atoms with E-state index in [9.17, 15) is 0 Å². The summed E-state index contributed by atoms with van der Waals surface area (Å²) in [4.78, 5) is 2.46. The predicted molar refractivity (Wildman–Crippen MR) is 81.3 cm³/mol. The molecule has 1 aromatic heterocycles. The lowest BCUT2D eigenvalue weighted by atomic mass is 10.2. The largest absolute Gasteiger partial charge is 0.465 e. The second-order valence-electron chi connectivity index (χ2n) is 5.65. The van der Waals surface area contributed by atoms with Crippen molar-refractivity contribution in [2.75, 3.05) is 6.54 Å². The van der Waals surface area contributed by atoms with Crippen molar-refractivity contribution in [2.45, 2.75) is 73.1 Å². The van der Waals surface area contributed by atoms with Crippen LogP contribution in [0.5, 0.6) is 0 Å². The van der Waals surface area contributed by atoms with Gasteiger partial charge in [-0.25, -0.2) is 0 Å². The topological polar surface area (TPSA) is 28.4 Å². The molecule has 0 aromatic carbocycles. The monoisotopic (exact) mass is 266 g/mol. The van der Waals surface area contributed by atoms with Crippen molar-refractivity contribution in [3.05, 3.63) is 23.2 Å². The van der Waals surface area contributed by atoms with Crippen LogP contribution in [-0.2, 0) is 13.1 Å². The van der Waals surface area contributed by atoms with Crippen molar-refractivity contribution < 1.29 is 4.42 Å². The summed E-state index contributed by atoms with van der Waals surface area (Å²) in [6, 6.07) is 3.31. The molecule has 1 aromatic rings. The Morgan fingerprint density at radius 1 is 1.26 bits per heavy atom. The minimum Gasteiger partial charge on any atom is -0.465 e. The molecule has 1 atom stereocenters. The maximum atomic E-state index is 5.89. The van der Waals surface area contributed by atoms with E-state index in [0.717, 1.165) is 31.2 Å². The SMILES string of the molecule is CCC(C)N(CC)Cc1cc(CNC(C)C)c(C)o1. The zero-order chi connectivity index (χ0) is 14.4. The van der Waals surface area contributed by atoms with Crippen LogP contribution in [0.3, 0.4) is 0 Å². The standard InChI is InChI=1S/C16H30N2O/c1-7-13(5)18(8-2)11-16-9-15(14(6)19-16)10-17-12(3)4/h9,12-13,17H,7-8,10-11H2,1-6H3. The lowest BCUT2D eigenvalue weighted by Gasteiger charge is -2.25. The molecule has 1 N–H and O–H groups in total. The second kappa shape index (κ2) is 7.71. The quantitative estimate of drug-likeness (QED) is 0.777. The van der Waals surface area contributed by atoms with Crippen LogP contribution < -0.4 is 5.32 Å². The first-order valence-corrected chi connectivity index (χ1v) is 7.53. The number of hydrogen-bond donors (Lipinski definition) is 1. The zero-order valence-corrected chi connectivity index (χ0v) is 13.4. The molecule has 110 valence electrons. The van der Waals surface area contributed by atoms with E-state index in [4.69, 9.17) is 4.42 Å². The van der Waals surface area contributed by atoms with Crippen molar-refractivity contribution in [3.8, 4) is 0 Å². The van der Waals surface area contributed by atoms with Crippen molar-refractivity contribution in [3.63, 3.8) is 0 Å². The molecule has 0 saturated carbocycles. The molecule has 0 bridgehead atoms. The highest BCUT2D eigenvalue weighted by atomic mass is 16.3. The van der Waals surface area contributed by atoms with Crippen LogP contribution in [0.2, 0.25) is 0 Å². The fraction of sp³-hybridized carbons (Fsp3) is 0.750. The number of aryl methyl sites for hydroxylation is 1. The summed E-state index contributed by atoms with van der Waals surface area (Å²) in [5, 5.41) is 3.44. The molecule has 0 aliphatic carbocycles. The van der Waals surface area contributed by atoms with Crippen molar-refractivity contribution in [1.29, 1.82) is 0 Å². The van der Waals surface area contributed by atoms with Crippen molar-refractivity contribution in [2.24, 2.45) is 0 Å². The summed E-state index contributed by atoms with van der Waals surface area (Å²) in [5.41, 5.74) is 1.28. The van der Waals surface area contributed by atoms with E-state index < -0.39 is 0 Å². The van der Waals surface area contributed by atoms with Gasteiger partial charge < -0.3 is 9.73 Å². The van der Waals surface area contributed by atoms with E-state index in [-0.39, 0.29) is 0 Å². The molecule has 1 rings (SSSR count). The molecular weight excluding hydrogens is 236 g/mol. The lowest BCUT2D eigenvalue weighted by molar-refractivity contribution is 0.189. The number of hydrogen-bond acceptors (Lipinski definition) is 3. The molecule has 0 spiro atoms. The van der Waals surface area contributed by atoms with Gasteiger partial charge in [-0.1, -0.05) is 27.7 Å². The average Bonchev–Trinajstić information content (AvgIpc) is 2.72. The van der Waals surface area contributed by atoms with Crippen LogP contribution >= 0.6 is 0 Å². The van der Waals surface area contributed by atoms with E-state index in [2.05, 4.69) is 57.8 Å². The zero-order valence-electron chi connectivity index (χ0n) is 13.4. The first kappa shape index (κ1) is 16.3. The number of nitrogens with zero attached hydrogens (tertiary/aromatic N) is 1. The Kier molecular flexibility index (Phi) is 6.59. The Labute approximate surface area is 118 Å². The summed E-state index contributed by atoms with van der Waals surface area (Å²) in [5.74, 6) is 2.13. The minimum atomic E-state index is 0.505. The molecule has 0 aliphatic rings. The first-order valence-electron chi connectivity index (χ1n) is 7.53. The van der Waals surface area contributed by atoms with Crippen LogP contribution in [-0.4, -0.2) is 23.5 Å². The van der Waals surface area contributed by atoms with Gasteiger partial charge in [0.15, 0.2) is 0 Å². The fourth-order valence-corrected chi connectivity index (χ4v) is 2.19. The van der Waals surface area contributed by atoms with Gasteiger partial charge >= 0.3 is 0 Å². The third kappa shape index (κ3) is 5.00. The van der Waals surface area contributed by atoms with E-state index in [1.165, 1.54) is 12.0 Å². The van der Waals surface area contributed by atoms with Crippen molar-refractivity contribution >= 4 is 0 Å². The van der Waals surface area contributed by atoms with Crippen molar-refractivity contribution in [1.82, 2.24) is 10.2 Å². The summed E-state index contributed by atoms with van der Waals surface area (Å²) >= 11 is 0. The highest BCUT2D eigenvalue weighted by molar-refractivity contribution is 5.20. The van der Waals surface area contributed by atoms with Gasteiger partial charge in [-0.3, -0.25) is 4.90 Å². The van der Waals surface area contributed by atoms with E-state index >= 15 is 0 Å². The third-order valence-corrected chi connectivity index (χ3v) is 3.75. The molecule has 0 saturated heterocycles. The molecule has 0 aliphatic heterocycles. The molecule has 3 heteroatoms. The van der Waals surface area contributed by atoms with E-state index in [1.807, 2.05) is 0 Å². The summed E-state index contributed by atoms with van der Waals surface area (Å²) in [7, 11) is 0. The maximum Gasteiger partial charge on any atom is 0.118 e. The summed E-state index contributed by atoms with van der Waals surface area (Å²) in [6.45, 7) is 16.0. The highest BCUT2D eigenvalue weighted by Gasteiger charge is 2.14. The lowest BCUT2D eigenvalue weighted by Crippen LogP contribution is -2.31. The normalized spacial score (nSPS) is 13.5. The van der Waals surface area contributed by atoms with Crippen LogP contribution in [0.4, 0.5) is 0 Å². The smallest absolute Gasteiger partial charge is 0.118 e. The molecule has 1 heterocycles. The fourth-order valence-electron chi connectivity index (χ4n) is 2.19. The van der Waals surface area contributed by atoms with E-state index in [1.54, 1.807) is 0 Å². The van der Waals surface area contributed by atoms with Crippen LogP contribution in [0.15, 0.2) is 10.5 Å². The van der Waals surface area contributed by atoms with Gasteiger partial charge in [0, 0.05) is 24.2 Å². The van der Waals surface area contributed by atoms with Gasteiger partial charge in [0.25, 0.3) is 0 Å². The second-order valence-corrected chi connectivity index (χ2v) is 5.65. The Bertz CT molecular complexity index is 371. The Morgan fingerprint density at radius 2 is 1.95 bits per heavy atom. The molecular formula is C16H30N2O. The van der Waals surface area contributed by atoms with Crippen LogP contribution in [0.25, 0.3) is 0 Å². The Hall–Kier alpha value is -0.800. The number of furan rings is 1. The molecule has 0 radical (unpaired) electrons. The Morgan fingerprint density at radius 3 is 2.47 bits per heavy atom. The molecule has 19 heavy (non-hydrogen) atoms. The van der Waals surface area contributed by atoms with Crippen LogP contribution in [0, 0.1) is 6.92 Å². The van der Waals surface area contributed by atoms with Gasteiger partial charge in [-0.15, -0.1) is 0 Å². The van der Waals surface area contributed by atoms with Crippen LogP contribution in [0.1, 0.15) is 58.1 Å². The predicted octanol–water partition coefficient (Wildman–Crippen LogP) is 3.71.